The van der Waals surface area contributed by atoms with Gasteiger partial charge in [-0.15, -0.1) is 11.3 Å². The highest BCUT2D eigenvalue weighted by atomic mass is 32.1. The second-order valence-corrected chi connectivity index (χ2v) is 5.25. The summed E-state index contributed by atoms with van der Waals surface area (Å²) in [6.45, 7) is 0.700. The maximum absolute atomic E-state index is 9.89. The van der Waals surface area contributed by atoms with Crippen molar-refractivity contribution in [3.05, 3.63) is 22.4 Å². The molecule has 0 bridgehead atoms. The Morgan fingerprint density at radius 1 is 1.40 bits per heavy atom. The van der Waals surface area contributed by atoms with Crippen LogP contribution in [0.15, 0.2) is 17.5 Å². The second-order valence-electron chi connectivity index (χ2n) is 4.27. The maximum atomic E-state index is 9.89. The number of rotatable bonds is 4. The Hall–Kier alpha value is -0.380. The third-order valence-corrected chi connectivity index (χ3v) is 4.05. The fourth-order valence-corrected chi connectivity index (χ4v) is 2.88. The van der Waals surface area contributed by atoms with E-state index in [1.165, 1.54) is 32.1 Å². The summed E-state index contributed by atoms with van der Waals surface area (Å²) in [7, 11) is 0. The summed E-state index contributed by atoms with van der Waals surface area (Å²) in [5.74, 6) is 0. The molecule has 0 aromatic carbocycles. The number of nitrogens with one attached hydrogen (secondary N) is 1. The summed E-state index contributed by atoms with van der Waals surface area (Å²) in [5.41, 5.74) is 0. The minimum Gasteiger partial charge on any atom is -0.386 e. The van der Waals surface area contributed by atoms with E-state index in [1.807, 2.05) is 17.5 Å². The van der Waals surface area contributed by atoms with E-state index in [0.29, 0.717) is 12.6 Å². The second kappa shape index (κ2) is 5.64. The van der Waals surface area contributed by atoms with E-state index in [-0.39, 0.29) is 6.10 Å². The van der Waals surface area contributed by atoms with Gasteiger partial charge < -0.3 is 10.4 Å². The van der Waals surface area contributed by atoms with Crippen LogP contribution < -0.4 is 5.32 Å². The predicted molar refractivity (Wildman–Crippen MR) is 64.2 cm³/mol. The lowest BCUT2D eigenvalue weighted by atomic mass is 9.95. The van der Waals surface area contributed by atoms with Crippen LogP contribution in [0.1, 0.15) is 43.1 Å². The molecule has 84 valence electrons. The van der Waals surface area contributed by atoms with Gasteiger partial charge in [0.1, 0.15) is 6.10 Å². The first-order valence-corrected chi connectivity index (χ1v) is 6.69. The third kappa shape index (κ3) is 3.30. The molecule has 15 heavy (non-hydrogen) atoms. The molecular weight excluding hydrogens is 206 g/mol. The van der Waals surface area contributed by atoms with Crippen LogP contribution in [-0.2, 0) is 0 Å². The van der Waals surface area contributed by atoms with Crippen LogP contribution in [0.5, 0.6) is 0 Å². The molecule has 2 rings (SSSR count). The lowest BCUT2D eigenvalue weighted by Gasteiger charge is -2.24. The molecule has 0 radical (unpaired) electrons. The Morgan fingerprint density at radius 2 is 2.20 bits per heavy atom. The molecule has 1 aliphatic carbocycles. The van der Waals surface area contributed by atoms with Gasteiger partial charge in [-0.3, -0.25) is 0 Å². The van der Waals surface area contributed by atoms with Gasteiger partial charge in [-0.2, -0.15) is 0 Å². The monoisotopic (exact) mass is 225 g/mol. The van der Waals surface area contributed by atoms with E-state index in [2.05, 4.69) is 5.32 Å². The number of thiophene rings is 1. The van der Waals surface area contributed by atoms with Crippen molar-refractivity contribution >= 4 is 11.3 Å². The van der Waals surface area contributed by atoms with Crippen LogP contribution in [0.25, 0.3) is 0 Å². The number of aliphatic hydroxyl groups excluding tert-OH is 1. The van der Waals surface area contributed by atoms with E-state index in [9.17, 15) is 5.11 Å². The van der Waals surface area contributed by atoms with Crippen LogP contribution in [0.3, 0.4) is 0 Å². The van der Waals surface area contributed by atoms with E-state index in [1.54, 1.807) is 11.3 Å². The molecule has 1 atom stereocenters. The Balaban J connectivity index is 1.73. The van der Waals surface area contributed by atoms with E-state index >= 15 is 0 Å². The van der Waals surface area contributed by atoms with Crippen LogP contribution in [-0.4, -0.2) is 17.7 Å². The largest absolute Gasteiger partial charge is 0.386 e. The van der Waals surface area contributed by atoms with Gasteiger partial charge in [0.2, 0.25) is 0 Å². The van der Waals surface area contributed by atoms with E-state index < -0.39 is 0 Å². The first kappa shape index (κ1) is 11.1. The molecule has 1 heterocycles. The van der Waals surface area contributed by atoms with Crippen molar-refractivity contribution < 1.29 is 5.11 Å². The fourth-order valence-electron chi connectivity index (χ4n) is 2.17. The molecular formula is C12H19NOS. The lowest BCUT2D eigenvalue weighted by molar-refractivity contribution is 0.169. The molecule has 2 N–H and O–H groups in total. The zero-order valence-corrected chi connectivity index (χ0v) is 9.80. The summed E-state index contributed by atoms with van der Waals surface area (Å²) in [6, 6.07) is 4.62. The zero-order chi connectivity index (χ0) is 10.5. The standard InChI is InChI=1S/C12H19NOS/c14-11(12-7-4-8-15-12)9-13-10-5-2-1-3-6-10/h4,7-8,10-11,13-14H,1-3,5-6,9H2. The van der Waals surface area contributed by atoms with Gasteiger partial charge in [-0.25, -0.2) is 0 Å². The van der Waals surface area contributed by atoms with Gasteiger partial charge in [-0.05, 0) is 24.3 Å². The summed E-state index contributed by atoms with van der Waals surface area (Å²) >= 11 is 1.63. The average Bonchev–Trinajstić information content (AvgIpc) is 2.81. The van der Waals surface area contributed by atoms with Gasteiger partial charge in [0.15, 0.2) is 0 Å². The highest BCUT2D eigenvalue weighted by molar-refractivity contribution is 7.10. The van der Waals surface area contributed by atoms with Crippen molar-refractivity contribution in [2.45, 2.75) is 44.2 Å². The number of aliphatic hydroxyl groups is 1. The molecule has 3 heteroatoms. The van der Waals surface area contributed by atoms with Gasteiger partial charge in [0, 0.05) is 17.5 Å². The van der Waals surface area contributed by atoms with E-state index in [0.717, 1.165) is 4.88 Å². The molecule has 0 amide bonds. The lowest BCUT2D eigenvalue weighted by Crippen LogP contribution is -2.34. The summed E-state index contributed by atoms with van der Waals surface area (Å²) in [5, 5.41) is 15.4. The van der Waals surface area contributed by atoms with Crippen LogP contribution >= 0.6 is 11.3 Å². The average molecular weight is 225 g/mol. The summed E-state index contributed by atoms with van der Waals surface area (Å²) in [4.78, 5) is 1.07. The maximum Gasteiger partial charge on any atom is 0.101 e. The highest BCUT2D eigenvalue weighted by Gasteiger charge is 2.15. The van der Waals surface area contributed by atoms with Crippen molar-refractivity contribution in [2.75, 3.05) is 6.54 Å². The Labute approximate surface area is 95.3 Å². The van der Waals surface area contributed by atoms with Crippen LogP contribution in [0.2, 0.25) is 0 Å². The van der Waals surface area contributed by atoms with Crippen molar-refractivity contribution in [2.24, 2.45) is 0 Å². The number of hydrogen-bond donors (Lipinski definition) is 2. The van der Waals surface area contributed by atoms with Gasteiger partial charge >= 0.3 is 0 Å². The summed E-state index contributed by atoms with van der Waals surface area (Å²) < 4.78 is 0. The molecule has 0 aliphatic heterocycles. The smallest absolute Gasteiger partial charge is 0.101 e. The SMILES string of the molecule is OC(CNC1CCCCC1)c1cccs1. The first-order chi connectivity index (χ1) is 7.36. The first-order valence-electron chi connectivity index (χ1n) is 5.81. The molecule has 0 spiro atoms. The van der Waals surface area contributed by atoms with Crippen LogP contribution in [0.4, 0.5) is 0 Å². The highest BCUT2D eigenvalue weighted by Crippen LogP contribution is 2.20. The Morgan fingerprint density at radius 3 is 2.87 bits per heavy atom. The molecule has 0 saturated heterocycles. The van der Waals surface area contributed by atoms with Gasteiger partial charge in [0.25, 0.3) is 0 Å². The van der Waals surface area contributed by atoms with Crippen molar-refractivity contribution in [1.29, 1.82) is 0 Å². The predicted octanol–water partition coefficient (Wildman–Crippen LogP) is 2.70. The fraction of sp³-hybridized carbons (Fsp3) is 0.667. The van der Waals surface area contributed by atoms with Crippen molar-refractivity contribution in [3.63, 3.8) is 0 Å². The minimum absolute atomic E-state index is 0.327. The molecule has 1 unspecified atom stereocenters. The molecule has 2 nitrogen and oxygen atoms in total. The molecule has 1 aromatic heterocycles. The summed E-state index contributed by atoms with van der Waals surface area (Å²) in [6.07, 6.45) is 6.28. The zero-order valence-electron chi connectivity index (χ0n) is 8.98. The number of hydrogen-bond acceptors (Lipinski definition) is 3. The van der Waals surface area contributed by atoms with Gasteiger partial charge in [0.05, 0.1) is 0 Å². The third-order valence-electron chi connectivity index (χ3n) is 3.08. The Bertz CT molecular complexity index is 267. The molecule has 1 aromatic rings. The molecule has 1 saturated carbocycles. The Kier molecular flexibility index (Phi) is 4.18. The minimum atomic E-state index is -0.327. The quantitative estimate of drug-likeness (QED) is 0.826. The van der Waals surface area contributed by atoms with Crippen molar-refractivity contribution in [3.8, 4) is 0 Å². The van der Waals surface area contributed by atoms with E-state index in [4.69, 9.17) is 0 Å². The molecule has 1 fully saturated rings. The molecule has 1 aliphatic rings. The topological polar surface area (TPSA) is 32.3 Å². The van der Waals surface area contributed by atoms with Gasteiger partial charge in [-0.1, -0.05) is 25.3 Å². The van der Waals surface area contributed by atoms with Crippen LogP contribution in [0, 0.1) is 0 Å². The normalized spacial score (nSPS) is 20.3. The van der Waals surface area contributed by atoms with Crippen molar-refractivity contribution in [1.82, 2.24) is 5.32 Å².